The lowest BCUT2D eigenvalue weighted by Crippen LogP contribution is -2.46. The highest BCUT2D eigenvalue weighted by molar-refractivity contribution is 5.54. The molecule has 262 valence electrons. The maximum absolute atomic E-state index is 15.0. The summed E-state index contributed by atoms with van der Waals surface area (Å²) in [5.41, 5.74) is 3.74. The number of ether oxygens (including phenoxy) is 3. The molecule has 3 atom stereocenters. The van der Waals surface area contributed by atoms with Crippen molar-refractivity contribution in [3.8, 4) is 11.4 Å². The summed E-state index contributed by atoms with van der Waals surface area (Å²) in [7, 11) is 0. The molecule has 0 amide bonds. The van der Waals surface area contributed by atoms with Gasteiger partial charge in [0.1, 0.15) is 36.4 Å². The number of rotatable bonds is 11. The zero-order chi connectivity index (χ0) is 34.8. The van der Waals surface area contributed by atoms with Crippen molar-refractivity contribution in [3.05, 3.63) is 119 Å². The number of aromatic nitrogens is 5. The Morgan fingerprint density at radius 2 is 1.60 bits per heavy atom. The molecule has 11 nitrogen and oxygen atoms in total. The van der Waals surface area contributed by atoms with Crippen LogP contribution >= 0.6 is 0 Å². The minimum absolute atomic E-state index is 0.0965. The third-order valence-corrected chi connectivity index (χ3v) is 9.48. The molecule has 50 heavy (non-hydrogen) atoms. The molecule has 2 aromatic heterocycles. The molecule has 0 spiro atoms. The van der Waals surface area contributed by atoms with Gasteiger partial charge in [0.15, 0.2) is 0 Å². The highest BCUT2D eigenvalue weighted by Gasteiger charge is 2.46. The van der Waals surface area contributed by atoms with Gasteiger partial charge in [-0.1, -0.05) is 6.92 Å². The zero-order valence-corrected chi connectivity index (χ0v) is 28.4. The summed E-state index contributed by atoms with van der Waals surface area (Å²) in [6.45, 7) is 9.79. The normalized spacial score (nSPS) is 20.0. The van der Waals surface area contributed by atoms with E-state index in [1.165, 1.54) is 16.8 Å². The molecule has 0 N–H and O–H groups in total. The quantitative estimate of drug-likeness (QED) is 0.181. The summed E-state index contributed by atoms with van der Waals surface area (Å²) in [6.07, 6.45) is 3.75. The van der Waals surface area contributed by atoms with Gasteiger partial charge in [0.25, 0.3) is 0 Å². The van der Waals surface area contributed by atoms with Crippen molar-refractivity contribution in [2.24, 2.45) is 0 Å². The lowest BCUT2D eigenvalue weighted by Gasteiger charge is -2.37. The molecule has 0 saturated carbocycles. The van der Waals surface area contributed by atoms with Gasteiger partial charge in [-0.2, -0.15) is 14.9 Å². The van der Waals surface area contributed by atoms with Gasteiger partial charge in [0.05, 0.1) is 24.5 Å². The Hall–Kier alpha value is -5.01. The van der Waals surface area contributed by atoms with Crippen molar-refractivity contribution >= 4 is 11.4 Å². The number of anilines is 2. The lowest BCUT2D eigenvalue weighted by molar-refractivity contribution is -0.192. The van der Waals surface area contributed by atoms with E-state index in [0.717, 1.165) is 61.4 Å². The number of aryl methyl sites for hydroxylation is 1. The van der Waals surface area contributed by atoms with Crippen LogP contribution < -0.4 is 20.2 Å². The Kier molecular flexibility index (Phi) is 9.43. The van der Waals surface area contributed by atoms with E-state index in [-0.39, 0.29) is 37.1 Å². The third-order valence-electron chi connectivity index (χ3n) is 9.48. The molecule has 7 rings (SSSR count). The van der Waals surface area contributed by atoms with Crippen LogP contribution in [-0.4, -0.2) is 69.6 Å². The predicted molar refractivity (Wildman–Crippen MR) is 185 cm³/mol. The van der Waals surface area contributed by atoms with Crippen molar-refractivity contribution in [2.45, 2.75) is 51.7 Å². The van der Waals surface area contributed by atoms with Gasteiger partial charge in [-0.3, -0.25) is 9.25 Å². The Morgan fingerprint density at radius 3 is 2.22 bits per heavy atom. The van der Waals surface area contributed by atoms with Crippen LogP contribution in [0.5, 0.6) is 5.75 Å². The van der Waals surface area contributed by atoms with Crippen LogP contribution in [0.4, 0.5) is 20.2 Å². The molecular weight excluding hydrogens is 644 g/mol. The molecule has 2 aliphatic rings. The predicted octanol–water partition coefficient (Wildman–Crippen LogP) is 5.46. The van der Waals surface area contributed by atoms with Crippen LogP contribution in [0.2, 0.25) is 0 Å². The number of nitrogens with zero attached hydrogens (tertiary/aromatic N) is 7. The molecule has 0 radical (unpaired) electrons. The number of halogens is 2. The summed E-state index contributed by atoms with van der Waals surface area (Å²) in [6, 6.07) is 21.2. The third kappa shape index (κ3) is 6.88. The van der Waals surface area contributed by atoms with Crippen molar-refractivity contribution in [3.63, 3.8) is 0 Å². The van der Waals surface area contributed by atoms with E-state index in [9.17, 15) is 13.6 Å². The van der Waals surface area contributed by atoms with Gasteiger partial charge in [-0.25, -0.2) is 13.6 Å². The second-order valence-corrected chi connectivity index (χ2v) is 12.9. The summed E-state index contributed by atoms with van der Waals surface area (Å²) in [5, 5.41) is 8.73. The fourth-order valence-electron chi connectivity index (χ4n) is 6.48. The fourth-order valence-corrected chi connectivity index (χ4v) is 6.48. The van der Waals surface area contributed by atoms with E-state index >= 15 is 0 Å². The van der Waals surface area contributed by atoms with Crippen molar-refractivity contribution < 1.29 is 23.0 Å². The fraction of sp³-hybridized carbons (Fsp3) is 0.378. The molecule has 13 heteroatoms. The van der Waals surface area contributed by atoms with Gasteiger partial charge >= 0.3 is 5.69 Å². The van der Waals surface area contributed by atoms with Gasteiger partial charge in [0, 0.05) is 61.4 Å². The first-order valence-corrected chi connectivity index (χ1v) is 17.0. The second-order valence-electron chi connectivity index (χ2n) is 12.9. The number of piperazine rings is 1. The number of hydrogen-bond donors (Lipinski definition) is 0. The average molecular weight is 686 g/mol. The topological polar surface area (TPSA) is 91.8 Å². The Labute approximate surface area is 289 Å². The van der Waals surface area contributed by atoms with Crippen LogP contribution in [-0.2, 0) is 21.8 Å². The van der Waals surface area contributed by atoms with Crippen molar-refractivity contribution in [1.82, 2.24) is 24.1 Å². The summed E-state index contributed by atoms with van der Waals surface area (Å²) in [5.74, 6) is -2.22. The Balaban J connectivity index is 0.929. The van der Waals surface area contributed by atoms with Crippen LogP contribution in [0, 0.1) is 18.6 Å². The van der Waals surface area contributed by atoms with Crippen molar-refractivity contribution in [1.29, 1.82) is 0 Å². The van der Waals surface area contributed by atoms with Crippen LogP contribution in [0.15, 0.2) is 90.1 Å². The molecule has 2 aliphatic heterocycles. The van der Waals surface area contributed by atoms with E-state index in [4.69, 9.17) is 14.2 Å². The van der Waals surface area contributed by atoms with Gasteiger partial charge in [0.2, 0.25) is 5.79 Å². The van der Waals surface area contributed by atoms with Crippen LogP contribution in [0.3, 0.4) is 0 Å². The van der Waals surface area contributed by atoms with Crippen molar-refractivity contribution in [2.75, 3.05) is 49.2 Å². The van der Waals surface area contributed by atoms with Gasteiger partial charge in [-0.05, 0) is 87.0 Å². The number of hydrogen-bond acceptors (Lipinski definition) is 8. The van der Waals surface area contributed by atoms with Crippen LogP contribution in [0.25, 0.3) is 5.69 Å². The van der Waals surface area contributed by atoms with E-state index in [1.807, 2.05) is 68.4 Å². The first kappa shape index (κ1) is 33.5. The average Bonchev–Trinajstić information content (AvgIpc) is 3.85. The van der Waals surface area contributed by atoms with E-state index < -0.39 is 23.5 Å². The Morgan fingerprint density at radius 1 is 0.940 bits per heavy atom. The molecule has 3 unspecified atom stereocenters. The first-order chi connectivity index (χ1) is 24.2. The molecule has 2 saturated heterocycles. The van der Waals surface area contributed by atoms with E-state index in [0.29, 0.717) is 5.75 Å². The lowest BCUT2D eigenvalue weighted by atomic mass is 10.0. The smallest absolute Gasteiger partial charge is 0.350 e. The molecule has 5 aromatic rings. The minimum Gasteiger partial charge on any atom is -0.491 e. The maximum atomic E-state index is 15.0. The minimum atomic E-state index is -1.48. The highest BCUT2D eigenvalue weighted by Crippen LogP contribution is 2.38. The zero-order valence-electron chi connectivity index (χ0n) is 28.4. The van der Waals surface area contributed by atoms with Gasteiger partial charge < -0.3 is 24.0 Å². The molecule has 4 heterocycles. The monoisotopic (exact) mass is 685 g/mol. The summed E-state index contributed by atoms with van der Waals surface area (Å²) >= 11 is 0. The van der Waals surface area contributed by atoms with Gasteiger partial charge in [-0.15, -0.1) is 0 Å². The molecular formula is C37H41F2N7O4. The van der Waals surface area contributed by atoms with E-state index in [1.54, 1.807) is 21.8 Å². The molecule has 0 bridgehead atoms. The number of benzene rings is 3. The first-order valence-electron chi connectivity index (χ1n) is 17.0. The summed E-state index contributed by atoms with van der Waals surface area (Å²) in [4.78, 5) is 17.5. The largest absolute Gasteiger partial charge is 0.491 e. The molecule has 2 fully saturated rings. The summed E-state index contributed by atoms with van der Waals surface area (Å²) < 4.78 is 51.9. The molecule has 3 aromatic carbocycles. The van der Waals surface area contributed by atoms with E-state index in [2.05, 4.69) is 26.9 Å². The standard InChI is InChI=1S/C37H41F2N7O4/c1-4-27(3)45-25-40-46(36(45)47)31-8-6-29(7-9-31)42-17-19-43(20-18-42)30-10-12-32(13-11-30)48-22-33-23-49-37(50-33,24-44-16-15-26(2)41-44)34-14-5-28(38)21-35(34)39/h5-16,21,25,27,33H,4,17-20,22-24H2,1-3H3. The maximum Gasteiger partial charge on any atom is 0.350 e. The Bertz CT molecular complexity index is 1970. The highest BCUT2D eigenvalue weighted by atomic mass is 19.1. The van der Waals surface area contributed by atoms with Crippen LogP contribution in [0.1, 0.15) is 37.6 Å². The second kappa shape index (κ2) is 14.1. The SMILES string of the molecule is CCC(C)n1cnn(-c2ccc(N3CCN(c4ccc(OCC5COC(Cn6ccc(C)n6)(c6ccc(F)cc6F)O5)cc4)CC3)cc2)c1=O. The molecule has 0 aliphatic carbocycles.